The average molecular weight is 216 g/mol. The first-order chi connectivity index (χ1) is 6.83. The molecule has 1 amide bonds. The minimum Gasteiger partial charge on any atom is -0.394 e. The summed E-state index contributed by atoms with van der Waals surface area (Å²) >= 11 is 0. The fourth-order valence-corrected chi connectivity index (χ4v) is 1.22. The van der Waals surface area contributed by atoms with Crippen molar-refractivity contribution in [2.24, 2.45) is 17.1 Å². The summed E-state index contributed by atoms with van der Waals surface area (Å²) in [5.74, 6) is 0.355. The predicted molar refractivity (Wildman–Crippen MR) is 61.3 cm³/mol. The molecule has 0 aliphatic rings. The highest BCUT2D eigenvalue weighted by Gasteiger charge is 2.27. The minimum atomic E-state index is -0.565. The molecule has 0 aromatic carbocycles. The van der Waals surface area contributed by atoms with Gasteiger partial charge in [-0.2, -0.15) is 0 Å². The normalized spacial score (nSPS) is 14.1. The Bertz CT molecular complexity index is 203. The molecule has 0 bridgehead atoms. The Morgan fingerprint density at radius 3 is 2.33 bits per heavy atom. The second-order valence-electron chi connectivity index (χ2n) is 5.07. The predicted octanol–water partition coefficient (Wildman–Crippen LogP) is 0.495. The fraction of sp³-hybridized carbons (Fsp3) is 0.909. The summed E-state index contributed by atoms with van der Waals surface area (Å²) in [6.07, 6.45) is 0.781. The van der Waals surface area contributed by atoms with E-state index in [2.05, 4.69) is 19.2 Å². The molecule has 0 fully saturated rings. The summed E-state index contributed by atoms with van der Waals surface area (Å²) in [4.78, 5) is 11.7. The first-order valence-electron chi connectivity index (χ1n) is 5.45. The van der Waals surface area contributed by atoms with E-state index in [0.717, 1.165) is 6.42 Å². The zero-order valence-electron chi connectivity index (χ0n) is 10.2. The Labute approximate surface area is 92.2 Å². The number of aliphatic hydroxyl groups is 1. The van der Waals surface area contributed by atoms with Gasteiger partial charge in [-0.3, -0.25) is 4.79 Å². The van der Waals surface area contributed by atoms with Crippen LogP contribution in [0.25, 0.3) is 0 Å². The number of aliphatic hydroxyl groups excluding tert-OH is 1. The van der Waals surface area contributed by atoms with Gasteiger partial charge >= 0.3 is 0 Å². The van der Waals surface area contributed by atoms with Gasteiger partial charge < -0.3 is 16.2 Å². The van der Waals surface area contributed by atoms with Crippen LogP contribution in [0.3, 0.4) is 0 Å². The smallest absolute Gasteiger partial charge is 0.227 e. The van der Waals surface area contributed by atoms with E-state index in [9.17, 15) is 4.79 Å². The van der Waals surface area contributed by atoms with E-state index in [1.807, 2.05) is 0 Å². The zero-order chi connectivity index (χ0) is 12.1. The van der Waals surface area contributed by atoms with Crippen molar-refractivity contribution in [3.63, 3.8) is 0 Å². The molecular formula is C11H24N2O2. The Hall–Kier alpha value is -0.610. The third-order valence-electron chi connectivity index (χ3n) is 2.44. The molecule has 1 atom stereocenters. The van der Waals surface area contributed by atoms with Gasteiger partial charge in [-0.05, 0) is 26.2 Å². The highest BCUT2D eigenvalue weighted by Crippen LogP contribution is 2.14. The van der Waals surface area contributed by atoms with Gasteiger partial charge in [0.2, 0.25) is 5.91 Å². The van der Waals surface area contributed by atoms with Crippen LogP contribution in [0.4, 0.5) is 0 Å². The molecule has 0 aliphatic carbocycles. The van der Waals surface area contributed by atoms with E-state index in [0.29, 0.717) is 12.5 Å². The quantitative estimate of drug-likeness (QED) is 0.605. The maximum Gasteiger partial charge on any atom is 0.227 e. The van der Waals surface area contributed by atoms with Crippen molar-refractivity contribution >= 4 is 5.91 Å². The third-order valence-corrected chi connectivity index (χ3v) is 2.44. The van der Waals surface area contributed by atoms with Crippen LogP contribution in [0.2, 0.25) is 0 Å². The first-order valence-corrected chi connectivity index (χ1v) is 5.45. The molecule has 1 unspecified atom stereocenters. The van der Waals surface area contributed by atoms with Crippen LogP contribution >= 0.6 is 0 Å². The molecule has 0 aromatic heterocycles. The molecule has 0 radical (unpaired) electrons. The SMILES string of the molecule is CC(C)CC(CO)NC(=O)C(C)(C)CN. The minimum absolute atomic E-state index is 0.0232. The van der Waals surface area contributed by atoms with Crippen molar-refractivity contribution in [1.29, 1.82) is 0 Å². The van der Waals surface area contributed by atoms with Crippen LogP contribution in [0.1, 0.15) is 34.1 Å². The monoisotopic (exact) mass is 216 g/mol. The van der Waals surface area contributed by atoms with Crippen molar-refractivity contribution in [1.82, 2.24) is 5.32 Å². The number of amides is 1. The maximum atomic E-state index is 11.7. The zero-order valence-corrected chi connectivity index (χ0v) is 10.2. The Kier molecular flexibility index (Phi) is 5.83. The largest absolute Gasteiger partial charge is 0.394 e. The van der Waals surface area contributed by atoms with Gasteiger partial charge in [0.05, 0.1) is 18.1 Å². The number of hydrogen-bond acceptors (Lipinski definition) is 3. The van der Waals surface area contributed by atoms with Crippen LogP contribution in [0.15, 0.2) is 0 Å². The second-order valence-corrected chi connectivity index (χ2v) is 5.07. The van der Waals surface area contributed by atoms with Gasteiger partial charge in [0, 0.05) is 6.54 Å². The summed E-state index contributed by atoms with van der Waals surface area (Å²) in [7, 11) is 0. The van der Waals surface area contributed by atoms with Gasteiger partial charge in [0.25, 0.3) is 0 Å². The Balaban J connectivity index is 4.24. The van der Waals surface area contributed by atoms with E-state index in [-0.39, 0.29) is 18.6 Å². The van der Waals surface area contributed by atoms with Crippen LogP contribution in [0.5, 0.6) is 0 Å². The summed E-state index contributed by atoms with van der Waals surface area (Å²) in [6.45, 7) is 7.99. The van der Waals surface area contributed by atoms with Crippen molar-refractivity contribution in [2.75, 3.05) is 13.2 Å². The van der Waals surface area contributed by atoms with Gasteiger partial charge in [-0.25, -0.2) is 0 Å². The molecule has 0 heterocycles. The number of nitrogens with two attached hydrogens (primary N) is 1. The fourth-order valence-electron chi connectivity index (χ4n) is 1.22. The molecule has 0 saturated carbocycles. The molecule has 0 spiro atoms. The summed E-state index contributed by atoms with van der Waals surface area (Å²) < 4.78 is 0. The van der Waals surface area contributed by atoms with Crippen LogP contribution < -0.4 is 11.1 Å². The van der Waals surface area contributed by atoms with Gasteiger partial charge in [-0.1, -0.05) is 13.8 Å². The Morgan fingerprint density at radius 1 is 1.47 bits per heavy atom. The molecular weight excluding hydrogens is 192 g/mol. The van der Waals surface area contributed by atoms with Crippen molar-refractivity contribution in [3.8, 4) is 0 Å². The summed E-state index contributed by atoms with van der Waals surface area (Å²) in [5.41, 5.74) is 4.94. The standard InChI is InChI=1S/C11H24N2O2/c1-8(2)5-9(6-14)13-10(15)11(3,4)7-12/h8-9,14H,5-7,12H2,1-4H3,(H,13,15). The highest BCUT2D eigenvalue weighted by atomic mass is 16.3. The Morgan fingerprint density at radius 2 is 2.00 bits per heavy atom. The van der Waals surface area contributed by atoms with Crippen LogP contribution in [-0.2, 0) is 4.79 Å². The molecule has 90 valence electrons. The number of nitrogens with one attached hydrogen (secondary N) is 1. The molecule has 15 heavy (non-hydrogen) atoms. The van der Waals surface area contributed by atoms with Crippen LogP contribution in [-0.4, -0.2) is 30.2 Å². The highest BCUT2D eigenvalue weighted by molar-refractivity contribution is 5.82. The molecule has 4 nitrogen and oxygen atoms in total. The number of carbonyl (C=O) groups excluding carboxylic acids is 1. The van der Waals surface area contributed by atoms with E-state index < -0.39 is 5.41 Å². The molecule has 0 saturated heterocycles. The third kappa shape index (κ3) is 5.14. The number of carbonyl (C=O) groups is 1. The van der Waals surface area contributed by atoms with E-state index in [4.69, 9.17) is 10.8 Å². The lowest BCUT2D eigenvalue weighted by Crippen LogP contribution is -2.47. The number of hydrogen-bond donors (Lipinski definition) is 3. The molecule has 4 heteroatoms. The lowest BCUT2D eigenvalue weighted by atomic mass is 9.92. The molecule has 0 aromatic rings. The molecule has 0 aliphatic heterocycles. The first kappa shape index (κ1) is 14.4. The van der Waals surface area contributed by atoms with Gasteiger partial charge in [-0.15, -0.1) is 0 Å². The van der Waals surface area contributed by atoms with Crippen molar-refractivity contribution in [3.05, 3.63) is 0 Å². The lowest BCUT2D eigenvalue weighted by Gasteiger charge is -2.26. The van der Waals surface area contributed by atoms with Crippen molar-refractivity contribution in [2.45, 2.75) is 40.2 Å². The maximum absolute atomic E-state index is 11.7. The summed E-state index contributed by atoms with van der Waals surface area (Å²) in [6, 6.07) is -0.164. The van der Waals surface area contributed by atoms with Crippen LogP contribution in [0, 0.1) is 11.3 Å². The molecule has 4 N–H and O–H groups in total. The van der Waals surface area contributed by atoms with Crippen molar-refractivity contribution < 1.29 is 9.90 Å². The van der Waals surface area contributed by atoms with E-state index in [1.54, 1.807) is 13.8 Å². The number of rotatable bonds is 6. The van der Waals surface area contributed by atoms with Gasteiger partial charge in [0.1, 0.15) is 0 Å². The average Bonchev–Trinajstić information content (AvgIpc) is 2.15. The lowest BCUT2D eigenvalue weighted by molar-refractivity contribution is -0.130. The topological polar surface area (TPSA) is 75.3 Å². The van der Waals surface area contributed by atoms with Gasteiger partial charge in [0.15, 0.2) is 0 Å². The molecule has 0 rings (SSSR count). The van der Waals surface area contributed by atoms with E-state index >= 15 is 0 Å². The summed E-state index contributed by atoms with van der Waals surface area (Å²) in [5, 5.41) is 11.9. The van der Waals surface area contributed by atoms with E-state index in [1.165, 1.54) is 0 Å². The second kappa shape index (κ2) is 6.08.